The first kappa shape index (κ1) is 16.1. The zero-order valence-corrected chi connectivity index (χ0v) is 13.8. The molecule has 1 aromatic heterocycles. The normalized spacial score (nSPS) is 15.8. The Morgan fingerprint density at radius 1 is 1.33 bits per heavy atom. The molecule has 6 heteroatoms. The average molecular weight is 344 g/mol. The van der Waals surface area contributed by atoms with Gasteiger partial charge in [0.15, 0.2) is 5.76 Å². The lowest BCUT2D eigenvalue weighted by atomic mass is 10.1. The molecule has 1 aromatic carbocycles. The standard InChI is InChI=1S/C18H14ClNO4/c1-10-16(18(22)23-2)17(21)14(20-10)9-13-6-7-15(24-13)11-4-3-5-12(19)8-11/h3-9,21H,1-2H3/b14-9+. The van der Waals surface area contributed by atoms with Crippen LogP contribution >= 0.6 is 11.6 Å². The van der Waals surface area contributed by atoms with E-state index in [1.165, 1.54) is 7.11 Å². The van der Waals surface area contributed by atoms with Crippen LogP contribution in [-0.4, -0.2) is 23.9 Å². The highest BCUT2D eigenvalue weighted by Crippen LogP contribution is 2.29. The van der Waals surface area contributed by atoms with E-state index in [0.29, 0.717) is 22.3 Å². The minimum atomic E-state index is -0.629. The summed E-state index contributed by atoms with van der Waals surface area (Å²) in [6.45, 7) is 1.63. The number of benzene rings is 1. The van der Waals surface area contributed by atoms with E-state index in [2.05, 4.69) is 9.73 Å². The summed E-state index contributed by atoms with van der Waals surface area (Å²) in [7, 11) is 1.25. The van der Waals surface area contributed by atoms with Gasteiger partial charge >= 0.3 is 5.97 Å². The van der Waals surface area contributed by atoms with Crippen LogP contribution in [0.5, 0.6) is 0 Å². The molecule has 0 saturated heterocycles. The van der Waals surface area contributed by atoms with Gasteiger partial charge in [0.1, 0.15) is 22.8 Å². The minimum Gasteiger partial charge on any atom is -0.505 e. The molecule has 0 fully saturated rings. The van der Waals surface area contributed by atoms with E-state index >= 15 is 0 Å². The van der Waals surface area contributed by atoms with Crippen molar-refractivity contribution in [3.8, 4) is 11.3 Å². The quantitative estimate of drug-likeness (QED) is 0.838. The van der Waals surface area contributed by atoms with E-state index < -0.39 is 5.97 Å². The van der Waals surface area contributed by atoms with Gasteiger partial charge in [0.05, 0.1) is 12.8 Å². The first-order valence-corrected chi connectivity index (χ1v) is 7.52. The number of esters is 1. The summed E-state index contributed by atoms with van der Waals surface area (Å²) in [5.74, 6) is 0.283. The number of carbonyl (C=O) groups is 1. The number of nitrogens with zero attached hydrogens (tertiary/aromatic N) is 1. The van der Waals surface area contributed by atoms with Crippen molar-refractivity contribution >= 4 is 29.4 Å². The van der Waals surface area contributed by atoms with E-state index in [-0.39, 0.29) is 17.0 Å². The van der Waals surface area contributed by atoms with Gasteiger partial charge in [-0.1, -0.05) is 23.7 Å². The molecule has 24 heavy (non-hydrogen) atoms. The summed E-state index contributed by atoms with van der Waals surface area (Å²) in [6, 6.07) is 10.8. The number of methoxy groups -OCH3 is 1. The Balaban J connectivity index is 1.94. The van der Waals surface area contributed by atoms with Crippen molar-refractivity contribution in [1.82, 2.24) is 0 Å². The third kappa shape index (κ3) is 2.98. The van der Waals surface area contributed by atoms with Crippen molar-refractivity contribution in [2.45, 2.75) is 6.92 Å². The number of aliphatic imine (C=N–C) groups is 1. The number of hydrogen-bond donors (Lipinski definition) is 1. The second kappa shape index (κ2) is 6.37. The first-order valence-electron chi connectivity index (χ1n) is 7.14. The monoisotopic (exact) mass is 343 g/mol. The molecule has 122 valence electrons. The average Bonchev–Trinajstić information content (AvgIpc) is 3.12. The summed E-state index contributed by atoms with van der Waals surface area (Å²) < 4.78 is 10.4. The number of aliphatic hydroxyl groups is 1. The second-order valence-electron chi connectivity index (χ2n) is 5.15. The van der Waals surface area contributed by atoms with Crippen molar-refractivity contribution in [1.29, 1.82) is 0 Å². The third-order valence-corrected chi connectivity index (χ3v) is 3.77. The number of furan rings is 1. The lowest BCUT2D eigenvalue weighted by molar-refractivity contribution is -0.135. The Hall–Kier alpha value is -2.79. The van der Waals surface area contributed by atoms with E-state index in [1.54, 1.807) is 37.3 Å². The van der Waals surface area contributed by atoms with E-state index in [4.69, 9.17) is 16.0 Å². The summed E-state index contributed by atoms with van der Waals surface area (Å²) in [5.41, 5.74) is 1.55. The Labute approximate surface area is 143 Å². The molecule has 1 aliphatic heterocycles. The summed E-state index contributed by atoms with van der Waals surface area (Å²) in [6.07, 6.45) is 1.56. The maximum atomic E-state index is 11.7. The van der Waals surface area contributed by atoms with Gasteiger partial charge in [-0.15, -0.1) is 0 Å². The van der Waals surface area contributed by atoms with Crippen molar-refractivity contribution < 1.29 is 19.1 Å². The number of halogens is 1. The fourth-order valence-corrected chi connectivity index (χ4v) is 2.59. The van der Waals surface area contributed by atoms with Gasteiger partial charge in [-0.3, -0.25) is 0 Å². The molecule has 2 aromatic rings. The number of hydrogen-bond acceptors (Lipinski definition) is 5. The van der Waals surface area contributed by atoms with Crippen LogP contribution in [0.1, 0.15) is 12.7 Å². The van der Waals surface area contributed by atoms with Crippen LogP contribution in [-0.2, 0) is 9.53 Å². The lowest BCUT2D eigenvalue weighted by Crippen LogP contribution is -2.11. The molecule has 0 saturated carbocycles. The lowest BCUT2D eigenvalue weighted by Gasteiger charge is -2.00. The van der Waals surface area contributed by atoms with Crippen LogP contribution < -0.4 is 0 Å². The maximum Gasteiger partial charge on any atom is 0.343 e. The zero-order valence-electron chi connectivity index (χ0n) is 13.0. The number of rotatable bonds is 3. The van der Waals surface area contributed by atoms with Crippen LogP contribution in [0, 0.1) is 0 Å². The molecule has 0 amide bonds. The first-order chi connectivity index (χ1) is 11.5. The minimum absolute atomic E-state index is 0.0605. The van der Waals surface area contributed by atoms with Crippen LogP contribution in [0.3, 0.4) is 0 Å². The fraction of sp³-hybridized carbons (Fsp3) is 0.111. The van der Waals surface area contributed by atoms with Gasteiger partial charge in [0, 0.05) is 16.7 Å². The molecule has 3 rings (SSSR count). The molecule has 0 bridgehead atoms. The Morgan fingerprint density at radius 3 is 2.83 bits per heavy atom. The molecule has 0 unspecified atom stereocenters. The predicted molar refractivity (Wildman–Crippen MR) is 91.9 cm³/mol. The number of carbonyl (C=O) groups excluding carboxylic acids is 1. The van der Waals surface area contributed by atoms with Crippen molar-refractivity contribution in [2.75, 3.05) is 7.11 Å². The largest absolute Gasteiger partial charge is 0.505 e. The fourth-order valence-electron chi connectivity index (χ4n) is 2.40. The van der Waals surface area contributed by atoms with Gasteiger partial charge in [0.2, 0.25) is 0 Å². The van der Waals surface area contributed by atoms with E-state index in [9.17, 15) is 9.90 Å². The van der Waals surface area contributed by atoms with Crippen molar-refractivity contribution in [2.24, 2.45) is 4.99 Å². The summed E-state index contributed by atoms with van der Waals surface area (Å²) >= 11 is 5.98. The molecule has 2 heterocycles. The van der Waals surface area contributed by atoms with E-state index in [1.807, 2.05) is 12.1 Å². The molecule has 0 spiro atoms. The summed E-state index contributed by atoms with van der Waals surface area (Å²) in [5, 5.41) is 10.8. The molecule has 1 aliphatic rings. The van der Waals surface area contributed by atoms with Crippen LogP contribution in [0.2, 0.25) is 5.02 Å². The predicted octanol–water partition coefficient (Wildman–Crippen LogP) is 4.40. The number of ether oxygens (including phenoxy) is 1. The summed E-state index contributed by atoms with van der Waals surface area (Å²) in [4.78, 5) is 15.9. The molecule has 1 N–H and O–H groups in total. The topological polar surface area (TPSA) is 72.0 Å². The highest BCUT2D eigenvalue weighted by Gasteiger charge is 2.27. The smallest absolute Gasteiger partial charge is 0.343 e. The van der Waals surface area contributed by atoms with E-state index in [0.717, 1.165) is 5.56 Å². The maximum absolute atomic E-state index is 11.7. The van der Waals surface area contributed by atoms with Gasteiger partial charge in [-0.05, 0) is 31.2 Å². The Bertz CT molecular complexity index is 905. The van der Waals surface area contributed by atoms with Crippen LogP contribution in [0.15, 0.2) is 62.8 Å². The Kier molecular flexibility index (Phi) is 4.27. The zero-order chi connectivity index (χ0) is 17.3. The van der Waals surface area contributed by atoms with Crippen molar-refractivity contribution in [3.63, 3.8) is 0 Å². The third-order valence-electron chi connectivity index (χ3n) is 3.53. The molecule has 5 nitrogen and oxygen atoms in total. The molecule has 0 aliphatic carbocycles. The highest BCUT2D eigenvalue weighted by molar-refractivity contribution is 6.30. The van der Waals surface area contributed by atoms with Crippen LogP contribution in [0.4, 0.5) is 0 Å². The molecular formula is C18H14ClNO4. The molecule has 0 radical (unpaired) electrons. The number of aliphatic hydroxyl groups excluding tert-OH is 1. The van der Waals surface area contributed by atoms with Gasteiger partial charge in [-0.25, -0.2) is 9.79 Å². The highest BCUT2D eigenvalue weighted by atomic mass is 35.5. The second-order valence-corrected chi connectivity index (χ2v) is 5.59. The van der Waals surface area contributed by atoms with Gasteiger partial charge in [0.25, 0.3) is 0 Å². The van der Waals surface area contributed by atoms with Gasteiger partial charge in [-0.2, -0.15) is 0 Å². The molecule has 0 atom stereocenters. The van der Waals surface area contributed by atoms with Gasteiger partial charge < -0.3 is 14.3 Å². The van der Waals surface area contributed by atoms with Crippen molar-refractivity contribution in [3.05, 3.63) is 64.2 Å². The van der Waals surface area contributed by atoms with Crippen LogP contribution in [0.25, 0.3) is 17.4 Å². The SMILES string of the molecule is COC(=O)C1=C(O)/C(=C\c2ccc(-c3cccc(Cl)c3)o2)N=C1C. The Morgan fingerprint density at radius 2 is 2.12 bits per heavy atom. The molecular weight excluding hydrogens is 330 g/mol.